The molecule has 0 atom stereocenters. The molecule has 0 aliphatic heterocycles. The summed E-state index contributed by atoms with van der Waals surface area (Å²) in [6.07, 6.45) is 15.9. The second-order valence-corrected chi connectivity index (χ2v) is 13.5. The van der Waals surface area contributed by atoms with Gasteiger partial charge in [-0.2, -0.15) is 12.1 Å². The first kappa shape index (κ1) is 27.2. The van der Waals surface area contributed by atoms with Gasteiger partial charge in [-0.1, -0.05) is 66.9 Å². The van der Waals surface area contributed by atoms with E-state index in [1.807, 2.05) is 0 Å². The number of rotatable bonds is 8. The van der Waals surface area contributed by atoms with Crippen molar-refractivity contribution in [2.75, 3.05) is 12.3 Å². The van der Waals surface area contributed by atoms with Crippen LogP contribution < -0.4 is 5.30 Å². The van der Waals surface area contributed by atoms with Crippen LogP contribution in [0, 0.1) is 6.08 Å². The van der Waals surface area contributed by atoms with E-state index in [1.54, 1.807) is 5.30 Å². The third kappa shape index (κ3) is 10.4. The molecule has 29 heavy (non-hydrogen) atoms. The van der Waals surface area contributed by atoms with E-state index in [4.69, 9.17) is 17.0 Å². The van der Waals surface area contributed by atoms with Gasteiger partial charge < -0.3 is 0 Å². The van der Waals surface area contributed by atoms with Crippen molar-refractivity contribution in [2.45, 2.75) is 66.2 Å². The molecule has 158 valence electrons. The minimum atomic E-state index is -0.826. The molecule has 1 aliphatic carbocycles. The van der Waals surface area contributed by atoms with E-state index in [0.29, 0.717) is 0 Å². The molecule has 1 aliphatic rings. The minimum absolute atomic E-state index is 0.0972. The summed E-state index contributed by atoms with van der Waals surface area (Å²) in [5.41, 5.74) is 2.91. The summed E-state index contributed by atoms with van der Waals surface area (Å²) in [4.78, 5) is 0. The number of benzene rings is 1. The van der Waals surface area contributed by atoms with E-state index in [9.17, 15) is 0 Å². The molecular formula is C25H35Cl2PZr. The van der Waals surface area contributed by atoms with Gasteiger partial charge in [0, 0.05) is 0 Å². The monoisotopic (exact) mass is 526 g/mol. The van der Waals surface area contributed by atoms with Gasteiger partial charge in [-0.3, -0.25) is 6.08 Å². The fraction of sp³-hybridized carbons (Fsp3) is 0.480. The first-order chi connectivity index (χ1) is 14.1. The van der Waals surface area contributed by atoms with Crippen LogP contribution in [0.25, 0.3) is 10.8 Å². The summed E-state index contributed by atoms with van der Waals surface area (Å²) in [7, 11) is 9.96. The van der Waals surface area contributed by atoms with Gasteiger partial charge >= 0.3 is 37.9 Å². The maximum atomic E-state index is 4.93. The van der Waals surface area contributed by atoms with E-state index >= 15 is 0 Å². The van der Waals surface area contributed by atoms with E-state index < -0.39 is 20.8 Å². The average Bonchev–Trinajstić information content (AvgIpc) is 3.33. The summed E-state index contributed by atoms with van der Waals surface area (Å²) in [6.45, 7) is 9.01. The van der Waals surface area contributed by atoms with Crippen molar-refractivity contribution in [1.82, 2.24) is 0 Å². The quantitative estimate of drug-likeness (QED) is 0.237. The fourth-order valence-electron chi connectivity index (χ4n) is 3.46. The van der Waals surface area contributed by atoms with Crippen molar-refractivity contribution in [3.63, 3.8) is 0 Å². The van der Waals surface area contributed by atoms with Crippen LogP contribution in [0.4, 0.5) is 0 Å². The number of allylic oxidation sites excluding steroid dienone is 4. The first-order valence-corrected chi connectivity index (χ1v) is 18.8. The summed E-state index contributed by atoms with van der Waals surface area (Å²) in [5.74, 6) is 0. The predicted molar refractivity (Wildman–Crippen MR) is 133 cm³/mol. The molecule has 0 fully saturated rings. The molecule has 0 N–H and O–H groups in total. The van der Waals surface area contributed by atoms with Crippen LogP contribution in [0.15, 0.2) is 53.6 Å². The van der Waals surface area contributed by atoms with Crippen LogP contribution in [0.3, 0.4) is 0 Å². The van der Waals surface area contributed by atoms with Crippen LogP contribution in [0.2, 0.25) is 0 Å². The SMILES string of the molecule is CCCCC1=[C-]CC=C1C.CCCP(CCC)c1cc2ccccc2[cH-]1.[Cl][Zr+2][Cl]. The van der Waals surface area contributed by atoms with Gasteiger partial charge in [0.05, 0.1) is 0 Å². The molecule has 0 amide bonds. The Bertz CT molecular complexity index is 709. The molecule has 0 aromatic heterocycles. The molecule has 0 bridgehead atoms. The van der Waals surface area contributed by atoms with Crippen molar-refractivity contribution in [2.24, 2.45) is 0 Å². The molecule has 3 rings (SSSR count). The Morgan fingerprint density at radius 3 is 2.24 bits per heavy atom. The summed E-state index contributed by atoms with van der Waals surface area (Å²) >= 11 is -0.826. The van der Waals surface area contributed by atoms with Crippen molar-refractivity contribution in [3.05, 3.63) is 59.7 Å². The molecule has 0 saturated heterocycles. The second kappa shape index (κ2) is 16.8. The summed E-state index contributed by atoms with van der Waals surface area (Å²) in [6, 6.07) is 13.5. The van der Waals surface area contributed by atoms with Gasteiger partial charge in [0.2, 0.25) is 0 Å². The van der Waals surface area contributed by atoms with Gasteiger partial charge in [0.1, 0.15) is 0 Å². The Morgan fingerprint density at radius 2 is 1.72 bits per heavy atom. The topological polar surface area (TPSA) is 0 Å². The number of hydrogen-bond donors (Lipinski definition) is 0. The first-order valence-electron chi connectivity index (χ1n) is 10.7. The number of hydrogen-bond acceptors (Lipinski definition) is 0. The molecule has 0 radical (unpaired) electrons. The standard InChI is InChI=1S/C15H20P.C10H15.2ClH.Zr/c1-3-9-16(10-4-2)15-11-13-7-5-6-8-14(13)12-15;1-3-4-7-10-8-5-6-9(10)2;;;/h5-8,11-12H,3-4,9-10H2,1-2H3;6H,3-5,7H2,1-2H3;2*1H;/q2*-1;;;+4/p-2. The third-order valence-electron chi connectivity index (χ3n) is 4.94. The van der Waals surface area contributed by atoms with E-state index in [-0.39, 0.29) is 7.92 Å². The van der Waals surface area contributed by atoms with Gasteiger partial charge in [-0.15, -0.1) is 53.7 Å². The van der Waals surface area contributed by atoms with Crippen molar-refractivity contribution >= 4 is 41.0 Å². The Labute approximate surface area is 198 Å². The molecular weight excluding hydrogens is 493 g/mol. The zero-order chi connectivity index (χ0) is 21.5. The van der Waals surface area contributed by atoms with Crippen LogP contribution >= 0.6 is 24.9 Å². The summed E-state index contributed by atoms with van der Waals surface area (Å²) < 4.78 is 0. The molecule has 0 spiro atoms. The Balaban J connectivity index is 0.000000277. The molecule has 0 heterocycles. The van der Waals surface area contributed by atoms with Crippen LogP contribution in [-0.4, -0.2) is 12.3 Å². The van der Waals surface area contributed by atoms with Gasteiger partial charge in [-0.25, -0.2) is 11.1 Å². The van der Waals surface area contributed by atoms with E-state index in [0.717, 1.165) is 6.42 Å². The zero-order valence-electron chi connectivity index (χ0n) is 18.4. The van der Waals surface area contributed by atoms with Crippen LogP contribution in [0.1, 0.15) is 66.2 Å². The van der Waals surface area contributed by atoms with Crippen molar-refractivity contribution in [1.29, 1.82) is 0 Å². The molecule has 2 aromatic carbocycles. The molecule has 4 heteroatoms. The number of unbranched alkanes of at least 4 members (excludes halogenated alkanes) is 1. The maximum absolute atomic E-state index is 4.93. The van der Waals surface area contributed by atoms with E-state index in [2.05, 4.69) is 76.2 Å². The zero-order valence-corrected chi connectivity index (χ0v) is 23.3. The third-order valence-corrected chi connectivity index (χ3v) is 7.90. The fourth-order valence-corrected chi connectivity index (χ4v) is 5.92. The Kier molecular flexibility index (Phi) is 15.8. The van der Waals surface area contributed by atoms with Gasteiger partial charge in [0.25, 0.3) is 0 Å². The van der Waals surface area contributed by atoms with E-state index in [1.165, 1.54) is 66.3 Å². The van der Waals surface area contributed by atoms with Crippen LogP contribution in [-0.2, 0) is 20.8 Å². The normalized spacial score (nSPS) is 12.5. The predicted octanol–water partition coefficient (Wildman–Crippen LogP) is 9.12. The Hall–Kier alpha value is 0.203. The second-order valence-electron chi connectivity index (χ2n) is 7.25. The Morgan fingerprint density at radius 1 is 1.07 bits per heavy atom. The van der Waals surface area contributed by atoms with Gasteiger partial charge in [-0.05, 0) is 12.3 Å². The van der Waals surface area contributed by atoms with Crippen molar-refractivity contribution < 1.29 is 20.8 Å². The number of fused-ring (bicyclic) bond motifs is 1. The molecule has 0 unspecified atom stereocenters. The van der Waals surface area contributed by atoms with Crippen LogP contribution in [0.5, 0.6) is 0 Å². The molecule has 0 nitrogen and oxygen atoms in total. The average molecular weight is 529 g/mol. The van der Waals surface area contributed by atoms with Gasteiger partial charge in [0.15, 0.2) is 0 Å². The molecule has 2 aromatic rings. The number of halogens is 2. The van der Waals surface area contributed by atoms with Crippen molar-refractivity contribution in [3.8, 4) is 0 Å². The molecule has 0 saturated carbocycles. The summed E-state index contributed by atoms with van der Waals surface area (Å²) in [5, 5.41) is 4.44.